The molecular weight excluding hydrogens is 254 g/mol. The lowest BCUT2D eigenvalue weighted by molar-refractivity contribution is 0.504. The second-order valence-electron chi connectivity index (χ2n) is 4.43. The van der Waals surface area contributed by atoms with Crippen molar-refractivity contribution < 1.29 is 12.8 Å². The Bertz CT molecular complexity index is 658. The van der Waals surface area contributed by atoms with Gasteiger partial charge in [-0.15, -0.1) is 0 Å². The van der Waals surface area contributed by atoms with E-state index < -0.39 is 9.84 Å². The minimum Gasteiger partial charge on any atom is -0.463 e. The Balaban J connectivity index is 1.95. The van der Waals surface area contributed by atoms with Crippen molar-refractivity contribution in [3.05, 3.63) is 24.5 Å². The number of sulfone groups is 1. The highest BCUT2D eigenvalue weighted by molar-refractivity contribution is 7.91. The lowest BCUT2D eigenvalue weighted by Crippen LogP contribution is -2.14. The summed E-state index contributed by atoms with van der Waals surface area (Å²) in [4.78, 5) is 0. The van der Waals surface area contributed by atoms with Crippen LogP contribution in [0.2, 0.25) is 0 Å². The maximum atomic E-state index is 11.5. The third kappa shape index (κ3) is 1.90. The van der Waals surface area contributed by atoms with Crippen molar-refractivity contribution >= 4 is 15.7 Å². The van der Waals surface area contributed by atoms with E-state index in [0.29, 0.717) is 23.7 Å². The summed E-state index contributed by atoms with van der Waals surface area (Å²) in [5, 5.41) is 4.33. The van der Waals surface area contributed by atoms with E-state index in [-0.39, 0.29) is 17.5 Å². The molecule has 2 aromatic heterocycles. The molecule has 7 heteroatoms. The van der Waals surface area contributed by atoms with Crippen molar-refractivity contribution in [3.63, 3.8) is 0 Å². The molecule has 0 amide bonds. The molecule has 1 aliphatic rings. The molecule has 3 heterocycles. The van der Waals surface area contributed by atoms with Gasteiger partial charge in [-0.2, -0.15) is 5.10 Å². The fourth-order valence-corrected chi connectivity index (χ4v) is 3.91. The molecule has 0 aliphatic carbocycles. The van der Waals surface area contributed by atoms with E-state index in [1.54, 1.807) is 29.1 Å². The Kier molecular flexibility index (Phi) is 2.44. The van der Waals surface area contributed by atoms with E-state index in [1.165, 1.54) is 0 Å². The molecule has 1 atom stereocenters. The zero-order chi connectivity index (χ0) is 12.8. The highest BCUT2D eigenvalue weighted by Gasteiger charge is 2.31. The number of nitrogens with zero attached hydrogens (tertiary/aromatic N) is 2. The van der Waals surface area contributed by atoms with Gasteiger partial charge in [-0.05, 0) is 18.6 Å². The van der Waals surface area contributed by atoms with Crippen LogP contribution in [-0.4, -0.2) is 29.7 Å². The number of nitrogen functional groups attached to an aromatic ring is 1. The summed E-state index contributed by atoms with van der Waals surface area (Å²) in [6.07, 6.45) is 2.12. The van der Waals surface area contributed by atoms with Crippen molar-refractivity contribution in [1.82, 2.24) is 9.78 Å². The van der Waals surface area contributed by atoms with Crippen LogP contribution in [0.25, 0.3) is 11.5 Å². The Morgan fingerprint density at radius 2 is 2.33 bits per heavy atom. The molecule has 2 aromatic rings. The molecule has 0 spiro atoms. The minimum absolute atomic E-state index is 0.108. The van der Waals surface area contributed by atoms with Crippen LogP contribution in [-0.2, 0) is 9.84 Å². The van der Waals surface area contributed by atoms with Gasteiger partial charge >= 0.3 is 0 Å². The van der Waals surface area contributed by atoms with Crippen molar-refractivity contribution in [3.8, 4) is 11.5 Å². The van der Waals surface area contributed by atoms with Crippen LogP contribution in [0.3, 0.4) is 0 Å². The first kappa shape index (κ1) is 11.3. The fourth-order valence-electron chi connectivity index (χ4n) is 2.21. The third-order valence-corrected chi connectivity index (χ3v) is 4.84. The topological polar surface area (TPSA) is 91.1 Å². The molecule has 0 saturated carbocycles. The smallest absolute Gasteiger partial charge is 0.154 e. The van der Waals surface area contributed by atoms with Crippen LogP contribution in [0, 0.1) is 0 Å². The molecule has 3 rings (SSSR count). The molecule has 96 valence electrons. The molecule has 1 saturated heterocycles. The molecule has 0 aromatic carbocycles. The molecule has 0 radical (unpaired) electrons. The van der Waals surface area contributed by atoms with Gasteiger partial charge in [0.1, 0.15) is 11.5 Å². The summed E-state index contributed by atoms with van der Waals surface area (Å²) in [5.41, 5.74) is 6.51. The van der Waals surface area contributed by atoms with Gasteiger partial charge in [-0.25, -0.2) is 13.1 Å². The summed E-state index contributed by atoms with van der Waals surface area (Å²) in [5.74, 6) is 1.40. The maximum Gasteiger partial charge on any atom is 0.154 e. The van der Waals surface area contributed by atoms with Crippen molar-refractivity contribution in [2.24, 2.45) is 0 Å². The minimum atomic E-state index is -2.94. The second kappa shape index (κ2) is 3.88. The van der Waals surface area contributed by atoms with Crippen molar-refractivity contribution in [1.29, 1.82) is 0 Å². The van der Waals surface area contributed by atoms with Gasteiger partial charge in [0.05, 0.1) is 23.8 Å². The predicted octanol–water partition coefficient (Wildman–Crippen LogP) is 1.08. The average molecular weight is 267 g/mol. The summed E-state index contributed by atoms with van der Waals surface area (Å²) >= 11 is 0. The van der Waals surface area contributed by atoms with Crippen molar-refractivity contribution in [2.45, 2.75) is 12.5 Å². The zero-order valence-electron chi connectivity index (χ0n) is 9.61. The van der Waals surface area contributed by atoms with Gasteiger partial charge in [0.15, 0.2) is 15.6 Å². The SMILES string of the molecule is Nc1cc(-c2ccco2)nn1[C@@H]1CCS(=O)(=O)C1. The average Bonchev–Trinajstić information content (AvgIpc) is 2.97. The normalized spacial score (nSPS) is 22.3. The third-order valence-electron chi connectivity index (χ3n) is 3.09. The van der Waals surface area contributed by atoms with E-state index in [4.69, 9.17) is 10.2 Å². The molecule has 2 N–H and O–H groups in total. The van der Waals surface area contributed by atoms with E-state index in [1.807, 2.05) is 0 Å². The lowest BCUT2D eigenvalue weighted by atomic mass is 10.3. The van der Waals surface area contributed by atoms with Crippen LogP contribution in [0.5, 0.6) is 0 Å². The number of hydrogen-bond acceptors (Lipinski definition) is 5. The van der Waals surface area contributed by atoms with Crippen LogP contribution in [0.4, 0.5) is 5.82 Å². The largest absolute Gasteiger partial charge is 0.463 e. The standard InChI is InChI=1S/C11H13N3O3S/c12-11-6-9(10-2-1-4-17-10)13-14(11)8-3-5-18(15,16)7-8/h1-2,4,6,8H,3,5,7,12H2/t8-/m1/s1. The lowest BCUT2D eigenvalue weighted by Gasteiger charge is -2.09. The predicted molar refractivity (Wildman–Crippen MR) is 66.6 cm³/mol. The first-order valence-electron chi connectivity index (χ1n) is 5.64. The molecule has 1 aliphatic heterocycles. The highest BCUT2D eigenvalue weighted by atomic mass is 32.2. The van der Waals surface area contributed by atoms with Gasteiger partial charge in [-0.3, -0.25) is 0 Å². The Morgan fingerprint density at radius 1 is 1.50 bits per heavy atom. The second-order valence-corrected chi connectivity index (χ2v) is 6.66. The quantitative estimate of drug-likeness (QED) is 0.879. The number of nitrogens with two attached hydrogens (primary N) is 1. The van der Waals surface area contributed by atoms with Crippen LogP contribution in [0.1, 0.15) is 12.5 Å². The van der Waals surface area contributed by atoms with Crippen LogP contribution >= 0.6 is 0 Å². The summed E-state index contributed by atoms with van der Waals surface area (Å²) < 4.78 is 29.7. The van der Waals surface area contributed by atoms with Gasteiger partial charge in [0.2, 0.25) is 0 Å². The summed E-state index contributed by atoms with van der Waals surface area (Å²) in [7, 11) is -2.94. The number of hydrogen-bond donors (Lipinski definition) is 1. The number of anilines is 1. The van der Waals surface area contributed by atoms with Gasteiger partial charge < -0.3 is 10.2 Å². The Hall–Kier alpha value is -1.76. The zero-order valence-corrected chi connectivity index (χ0v) is 10.4. The molecule has 1 fully saturated rings. The van der Waals surface area contributed by atoms with Gasteiger partial charge in [0.25, 0.3) is 0 Å². The Labute approximate surface area is 104 Å². The summed E-state index contributed by atoms with van der Waals surface area (Å²) in [6, 6.07) is 5.09. The highest BCUT2D eigenvalue weighted by Crippen LogP contribution is 2.28. The molecule has 0 unspecified atom stereocenters. The van der Waals surface area contributed by atoms with Gasteiger partial charge in [-0.1, -0.05) is 0 Å². The molecule has 6 nitrogen and oxygen atoms in total. The molecule has 0 bridgehead atoms. The van der Waals surface area contributed by atoms with E-state index >= 15 is 0 Å². The fraction of sp³-hybridized carbons (Fsp3) is 0.364. The number of furan rings is 1. The number of aromatic nitrogens is 2. The molecular formula is C11H13N3O3S. The Morgan fingerprint density at radius 3 is 2.94 bits per heavy atom. The monoisotopic (exact) mass is 267 g/mol. The number of rotatable bonds is 2. The molecule has 18 heavy (non-hydrogen) atoms. The maximum absolute atomic E-state index is 11.5. The van der Waals surface area contributed by atoms with Gasteiger partial charge in [0, 0.05) is 6.07 Å². The van der Waals surface area contributed by atoms with E-state index in [0.717, 1.165) is 0 Å². The summed E-state index contributed by atoms with van der Waals surface area (Å²) in [6.45, 7) is 0. The first-order chi connectivity index (χ1) is 8.55. The first-order valence-corrected chi connectivity index (χ1v) is 7.47. The van der Waals surface area contributed by atoms with Crippen molar-refractivity contribution in [2.75, 3.05) is 17.2 Å². The van der Waals surface area contributed by atoms with Crippen LogP contribution in [0.15, 0.2) is 28.9 Å². The van der Waals surface area contributed by atoms with E-state index in [2.05, 4.69) is 5.10 Å². The van der Waals surface area contributed by atoms with E-state index in [9.17, 15) is 8.42 Å². The van der Waals surface area contributed by atoms with Crippen LogP contribution < -0.4 is 5.73 Å².